The van der Waals surface area contributed by atoms with Gasteiger partial charge in [0.1, 0.15) is 0 Å². The summed E-state index contributed by atoms with van der Waals surface area (Å²) < 4.78 is 5.04. The maximum Gasteiger partial charge on any atom is 0.0791 e. The topological polar surface area (TPSA) is 65.0 Å². The van der Waals surface area contributed by atoms with Gasteiger partial charge in [-0.25, -0.2) is 0 Å². The van der Waals surface area contributed by atoms with Gasteiger partial charge >= 0.3 is 0 Å². The van der Waals surface area contributed by atoms with Gasteiger partial charge in [-0.1, -0.05) is 0 Å². The van der Waals surface area contributed by atoms with Crippen LogP contribution in [0.4, 0.5) is 0 Å². The maximum absolute atomic E-state index is 9.44. The van der Waals surface area contributed by atoms with Crippen molar-refractivity contribution >= 4 is 0 Å². The van der Waals surface area contributed by atoms with Crippen molar-refractivity contribution in [3.05, 3.63) is 0 Å². The van der Waals surface area contributed by atoms with Crippen LogP contribution in [0.2, 0.25) is 0 Å². The van der Waals surface area contributed by atoms with Gasteiger partial charge in [-0.05, 0) is 14.1 Å². The third-order valence-electron chi connectivity index (χ3n) is 1.61. The second-order valence-corrected chi connectivity index (χ2v) is 3.46. The van der Waals surface area contributed by atoms with E-state index >= 15 is 0 Å². The Balaban J connectivity index is 3.10. The lowest BCUT2D eigenvalue weighted by molar-refractivity contribution is 0.0890. The van der Waals surface area contributed by atoms with Gasteiger partial charge in [0.2, 0.25) is 0 Å². The van der Waals surface area contributed by atoms with Crippen molar-refractivity contribution in [1.29, 1.82) is 0 Å². The van der Waals surface area contributed by atoms with Crippen LogP contribution in [0, 0.1) is 0 Å². The molecular formula is C9H22N2O3. The molecule has 0 radical (unpaired) electrons. The number of aliphatic hydroxyl groups is 2. The van der Waals surface area contributed by atoms with Gasteiger partial charge in [-0.2, -0.15) is 0 Å². The van der Waals surface area contributed by atoms with E-state index in [0.717, 1.165) is 0 Å². The highest BCUT2D eigenvalue weighted by molar-refractivity contribution is 4.61. The van der Waals surface area contributed by atoms with Crippen molar-refractivity contribution in [2.45, 2.75) is 6.10 Å². The molecule has 0 bridgehead atoms. The smallest absolute Gasteiger partial charge is 0.0791 e. The molecule has 0 aliphatic carbocycles. The third-order valence-corrected chi connectivity index (χ3v) is 1.61. The third kappa shape index (κ3) is 9.88. The highest BCUT2D eigenvalue weighted by Gasteiger charge is 2.03. The molecule has 0 aliphatic rings. The van der Waals surface area contributed by atoms with Crippen molar-refractivity contribution in [1.82, 2.24) is 10.2 Å². The van der Waals surface area contributed by atoms with Crippen LogP contribution in [0.15, 0.2) is 0 Å². The number of nitrogens with zero attached hydrogens (tertiary/aromatic N) is 1. The minimum Gasteiger partial charge on any atom is -0.394 e. The van der Waals surface area contributed by atoms with Crippen molar-refractivity contribution < 1.29 is 14.9 Å². The normalized spacial score (nSPS) is 13.5. The Morgan fingerprint density at radius 1 is 1.36 bits per heavy atom. The fourth-order valence-electron chi connectivity index (χ4n) is 1.07. The Kier molecular flexibility index (Phi) is 9.23. The number of aliphatic hydroxyl groups excluding tert-OH is 2. The average Bonchev–Trinajstić information content (AvgIpc) is 2.10. The fraction of sp³-hybridized carbons (Fsp3) is 1.00. The minimum absolute atomic E-state index is 0.0588. The van der Waals surface area contributed by atoms with Gasteiger partial charge in [-0.15, -0.1) is 0 Å². The molecule has 0 heterocycles. The molecule has 0 saturated heterocycles. The highest BCUT2D eigenvalue weighted by atomic mass is 16.5. The summed E-state index contributed by atoms with van der Waals surface area (Å²) in [7, 11) is 3.85. The van der Waals surface area contributed by atoms with Gasteiger partial charge in [0.25, 0.3) is 0 Å². The summed E-state index contributed by atoms with van der Waals surface area (Å²) in [6.45, 7) is 2.93. The Hall–Kier alpha value is -0.200. The first-order valence-corrected chi connectivity index (χ1v) is 4.89. The first kappa shape index (κ1) is 13.8. The van der Waals surface area contributed by atoms with Crippen LogP contribution in [-0.2, 0) is 4.74 Å². The van der Waals surface area contributed by atoms with Crippen molar-refractivity contribution in [3.63, 3.8) is 0 Å². The predicted molar refractivity (Wildman–Crippen MR) is 55.3 cm³/mol. The zero-order valence-corrected chi connectivity index (χ0v) is 9.07. The second-order valence-electron chi connectivity index (χ2n) is 3.46. The van der Waals surface area contributed by atoms with Gasteiger partial charge in [0.15, 0.2) is 0 Å². The molecule has 86 valence electrons. The van der Waals surface area contributed by atoms with Crippen LogP contribution in [0.3, 0.4) is 0 Å². The molecule has 0 saturated carbocycles. The zero-order chi connectivity index (χ0) is 10.8. The molecule has 3 N–H and O–H groups in total. The summed E-state index contributed by atoms with van der Waals surface area (Å²) in [5, 5.41) is 20.9. The summed E-state index contributed by atoms with van der Waals surface area (Å²) in [4.78, 5) is 1.94. The summed E-state index contributed by atoms with van der Waals surface area (Å²) in [5.74, 6) is 0. The van der Waals surface area contributed by atoms with Crippen molar-refractivity contribution in [3.8, 4) is 0 Å². The molecule has 5 nitrogen and oxygen atoms in total. The van der Waals surface area contributed by atoms with E-state index in [1.165, 1.54) is 0 Å². The molecule has 0 rings (SSSR count). The molecule has 0 amide bonds. The maximum atomic E-state index is 9.44. The quantitative estimate of drug-likeness (QED) is 0.401. The SMILES string of the molecule is CN(C)CC(O)CNCCOCCO. The van der Waals surface area contributed by atoms with E-state index < -0.39 is 0 Å². The Morgan fingerprint density at radius 3 is 2.64 bits per heavy atom. The lowest BCUT2D eigenvalue weighted by Crippen LogP contribution is -2.36. The van der Waals surface area contributed by atoms with Gasteiger partial charge in [-0.3, -0.25) is 0 Å². The molecule has 0 fully saturated rings. The van der Waals surface area contributed by atoms with Crippen molar-refractivity contribution in [2.75, 3.05) is 53.6 Å². The number of hydrogen-bond donors (Lipinski definition) is 3. The zero-order valence-electron chi connectivity index (χ0n) is 9.07. The van der Waals surface area contributed by atoms with Crippen LogP contribution >= 0.6 is 0 Å². The average molecular weight is 206 g/mol. The summed E-state index contributed by atoms with van der Waals surface area (Å²) in [6.07, 6.45) is -0.345. The summed E-state index contributed by atoms with van der Waals surface area (Å²) >= 11 is 0. The van der Waals surface area contributed by atoms with E-state index in [2.05, 4.69) is 5.32 Å². The van der Waals surface area contributed by atoms with Gasteiger partial charge in [0.05, 0.1) is 25.9 Å². The van der Waals surface area contributed by atoms with Gasteiger partial charge in [0, 0.05) is 19.6 Å². The Labute approximate surface area is 85.7 Å². The number of hydrogen-bond acceptors (Lipinski definition) is 5. The van der Waals surface area contributed by atoms with E-state index in [1.807, 2.05) is 19.0 Å². The van der Waals surface area contributed by atoms with Crippen LogP contribution in [-0.4, -0.2) is 74.8 Å². The van der Waals surface area contributed by atoms with E-state index in [-0.39, 0.29) is 12.7 Å². The van der Waals surface area contributed by atoms with E-state index in [4.69, 9.17) is 9.84 Å². The predicted octanol–water partition coefficient (Wildman–Crippen LogP) is -1.49. The lowest BCUT2D eigenvalue weighted by atomic mass is 10.3. The molecule has 0 aromatic heterocycles. The first-order valence-electron chi connectivity index (χ1n) is 4.89. The molecular weight excluding hydrogens is 184 g/mol. The minimum atomic E-state index is -0.345. The monoisotopic (exact) mass is 206 g/mol. The highest BCUT2D eigenvalue weighted by Crippen LogP contribution is 1.83. The summed E-state index contributed by atoms with van der Waals surface area (Å²) in [6, 6.07) is 0. The van der Waals surface area contributed by atoms with Crippen LogP contribution in [0.5, 0.6) is 0 Å². The fourth-order valence-corrected chi connectivity index (χ4v) is 1.07. The standard InChI is InChI=1S/C9H22N2O3/c1-11(2)8-9(13)7-10-3-5-14-6-4-12/h9-10,12-13H,3-8H2,1-2H3. The van der Waals surface area contributed by atoms with Crippen LogP contribution < -0.4 is 5.32 Å². The molecule has 5 heteroatoms. The second kappa shape index (κ2) is 9.36. The van der Waals surface area contributed by atoms with Crippen LogP contribution in [0.1, 0.15) is 0 Å². The molecule has 0 aliphatic heterocycles. The number of rotatable bonds is 9. The van der Waals surface area contributed by atoms with Crippen LogP contribution in [0.25, 0.3) is 0 Å². The van der Waals surface area contributed by atoms with E-state index in [0.29, 0.717) is 32.8 Å². The molecule has 1 unspecified atom stereocenters. The Morgan fingerprint density at radius 2 is 2.07 bits per heavy atom. The lowest BCUT2D eigenvalue weighted by Gasteiger charge is -2.16. The van der Waals surface area contributed by atoms with Crippen molar-refractivity contribution in [2.24, 2.45) is 0 Å². The Bertz CT molecular complexity index is 123. The molecule has 14 heavy (non-hydrogen) atoms. The van der Waals surface area contributed by atoms with E-state index in [1.54, 1.807) is 0 Å². The first-order chi connectivity index (χ1) is 6.66. The molecule has 1 atom stereocenters. The molecule has 0 spiro atoms. The largest absolute Gasteiger partial charge is 0.394 e. The van der Waals surface area contributed by atoms with Gasteiger partial charge < -0.3 is 25.2 Å². The molecule has 0 aromatic rings. The number of ether oxygens (including phenoxy) is 1. The van der Waals surface area contributed by atoms with E-state index in [9.17, 15) is 5.11 Å². The number of likely N-dealkylation sites (N-methyl/N-ethyl adjacent to an activating group) is 1. The number of nitrogens with one attached hydrogen (secondary N) is 1. The summed E-state index contributed by atoms with van der Waals surface area (Å²) in [5.41, 5.74) is 0. The molecule has 0 aromatic carbocycles.